The minimum absolute atomic E-state index is 0.0888. The molecule has 0 aliphatic heterocycles. The Morgan fingerprint density at radius 3 is 2.43 bits per heavy atom. The zero-order valence-corrected chi connectivity index (χ0v) is 16.6. The van der Waals surface area contributed by atoms with Crippen LogP contribution in [0.2, 0.25) is 0 Å². The first-order valence-corrected chi connectivity index (χ1v) is 9.49. The van der Waals surface area contributed by atoms with Gasteiger partial charge in [0, 0.05) is 12.1 Å². The third-order valence-corrected chi connectivity index (χ3v) is 5.39. The highest BCUT2D eigenvalue weighted by molar-refractivity contribution is 6.03. The Labute approximate surface area is 164 Å². The molecular weight excluding hydrogens is 353 g/mol. The molecule has 2 aromatic carbocycles. The highest BCUT2D eigenvalue weighted by atomic mass is 19.1. The summed E-state index contributed by atoms with van der Waals surface area (Å²) in [4.78, 5) is 13.0. The largest absolute Gasteiger partial charge is 0.338 e. The van der Waals surface area contributed by atoms with E-state index in [-0.39, 0.29) is 17.0 Å². The number of Topliss-reactive ketones (excluding diaryl/α,β-unsaturated/α-hetero) is 1. The summed E-state index contributed by atoms with van der Waals surface area (Å²) in [6.45, 7) is 8.30. The standard InChI is InChI=1S/C23H24FN3O/c1-14-5-8-17(11-15(14)2)25-22-21-19(12-23(3,4)13-20(21)28)27(26-22)18-9-6-16(24)7-10-18/h5-11H,12-13H2,1-4H3,(H,25,26). The Balaban J connectivity index is 1.84. The molecule has 1 aromatic heterocycles. The molecule has 3 aromatic rings. The lowest BCUT2D eigenvalue weighted by Crippen LogP contribution is -2.28. The molecule has 0 fully saturated rings. The quantitative estimate of drug-likeness (QED) is 0.653. The van der Waals surface area contributed by atoms with E-state index in [1.54, 1.807) is 16.8 Å². The summed E-state index contributed by atoms with van der Waals surface area (Å²) in [5.74, 6) is 0.351. The van der Waals surface area contributed by atoms with E-state index in [1.807, 2.05) is 12.1 Å². The van der Waals surface area contributed by atoms with Crippen LogP contribution in [0.5, 0.6) is 0 Å². The molecule has 0 bridgehead atoms. The zero-order valence-electron chi connectivity index (χ0n) is 16.6. The molecule has 0 unspecified atom stereocenters. The van der Waals surface area contributed by atoms with E-state index in [0.29, 0.717) is 17.8 Å². The maximum atomic E-state index is 13.4. The zero-order chi connectivity index (χ0) is 20.1. The van der Waals surface area contributed by atoms with Crippen LogP contribution in [-0.4, -0.2) is 15.6 Å². The number of aromatic nitrogens is 2. The average molecular weight is 377 g/mol. The average Bonchev–Trinajstić information content (AvgIpc) is 2.96. The molecule has 1 heterocycles. The number of hydrogen-bond acceptors (Lipinski definition) is 3. The monoisotopic (exact) mass is 377 g/mol. The number of halogens is 1. The van der Waals surface area contributed by atoms with Crippen molar-refractivity contribution in [1.29, 1.82) is 0 Å². The third-order valence-electron chi connectivity index (χ3n) is 5.39. The van der Waals surface area contributed by atoms with E-state index in [4.69, 9.17) is 5.10 Å². The van der Waals surface area contributed by atoms with Crippen LogP contribution in [0, 0.1) is 25.1 Å². The van der Waals surface area contributed by atoms with Crippen molar-refractivity contribution < 1.29 is 9.18 Å². The number of ketones is 1. The molecule has 1 aliphatic rings. The van der Waals surface area contributed by atoms with E-state index in [2.05, 4.69) is 39.1 Å². The predicted octanol–water partition coefficient (Wildman–Crippen LogP) is 5.53. The molecule has 1 aliphatic carbocycles. The van der Waals surface area contributed by atoms with E-state index in [9.17, 15) is 9.18 Å². The highest BCUT2D eigenvalue weighted by Crippen LogP contribution is 2.39. The molecule has 5 heteroatoms. The second kappa shape index (κ2) is 6.59. The number of hydrogen-bond donors (Lipinski definition) is 1. The van der Waals surface area contributed by atoms with Crippen molar-refractivity contribution in [2.45, 2.75) is 40.5 Å². The first-order valence-electron chi connectivity index (χ1n) is 9.49. The lowest BCUT2D eigenvalue weighted by Gasteiger charge is -2.29. The van der Waals surface area contributed by atoms with Crippen LogP contribution < -0.4 is 5.32 Å². The molecule has 28 heavy (non-hydrogen) atoms. The number of nitrogens with one attached hydrogen (secondary N) is 1. The van der Waals surface area contributed by atoms with Crippen LogP contribution in [0.3, 0.4) is 0 Å². The Morgan fingerprint density at radius 2 is 1.75 bits per heavy atom. The third kappa shape index (κ3) is 3.33. The Kier molecular flexibility index (Phi) is 4.33. The summed E-state index contributed by atoms with van der Waals surface area (Å²) in [6.07, 6.45) is 1.21. The van der Waals surface area contributed by atoms with Gasteiger partial charge in [0.25, 0.3) is 0 Å². The lowest BCUT2D eigenvalue weighted by molar-refractivity contribution is 0.0912. The minimum Gasteiger partial charge on any atom is -0.338 e. The van der Waals surface area contributed by atoms with Crippen molar-refractivity contribution >= 4 is 17.3 Å². The molecule has 0 amide bonds. The predicted molar refractivity (Wildman–Crippen MR) is 109 cm³/mol. The number of fused-ring (bicyclic) bond motifs is 1. The Bertz CT molecular complexity index is 1060. The number of nitrogens with zero attached hydrogens (tertiary/aromatic N) is 2. The fourth-order valence-electron chi connectivity index (χ4n) is 3.79. The SMILES string of the molecule is Cc1ccc(Nc2nn(-c3ccc(F)cc3)c3c2C(=O)CC(C)(C)C3)cc1C. The van der Waals surface area contributed by atoms with Crippen LogP contribution in [-0.2, 0) is 6.42 Å². The van der Waals surface area contributed by atoms with Crippen LogP contribution in [0.15, 0.2) is 42.5 Å². The van der Waals surface area contributed by atoms with Crippen molar-refractivity contribution in [1.82, 2.24) is 9.78 Å². The van der Waals surface area contributed by atoms with Crippen molar-refractivity contribution in [2.75, 3.05) is 5.32 Å². The summed E-state index contributed by atoms with van der Waals surface area (Å²) in [6, 6.07) is 12.3. The molecule has 4 nitrogen and oxygen atoms in total. The first kappa shape index (κ1) is 18.4. The van der Waals surface area contributed by atoms with Gasteiger partial charge in [0.15, 0.2) is 11.6 Å². The van der Waals surface area contributed by atoms with Gasteiger partial charge >= 0.3 is 0 Å². The van der Waals surface area contributed by atoms with Gasteiger partial charge in [-0.2, -0.15) is 0 Å². The number of carbonyl (C=O) groups is 1. The van der Waals surface area contributed by atoms with Crippen LogP contribution in [0.4, 0.5) is 15.9 Å². The number of rotatable bonds is 3. The number of carbonyl (C=O) groups excluding carboxylic acids is 1. The molecule has 4 rings (SSSR count). The van der Waals surface area contributed by atoms with Gasteiger partial charge in [0.05, 0.1) is 16.9 Å². The van der Waals surface area contributed by atoms with Gasteiger partial charge in [-0.1, -0.05) is 19.9 Å². The summed E-state index contributed by atoms with van der Waals surface area (Å²) >= 11 is 0. The summed E-state index contributed by atoms with van der Waals surface area (Å²) < 4.78 is 15.2. The number of anilines is 2. The summed E-state index contributed by atoms with van der Waals surface area (Å²) in [5.41, 5.74) is 5.40. The van der Waals surface area contributed by atoms with E-state index in [0.717, 1.165) is 23.5 Å². The molecule has 0 saturated carbocycles. The first-order chi connectivity index (χ1) is 13.2. The topological polar surface area (TPSA) is 46.9 Å². The van der Waals surface area contributed by atoms with Gasteiger partial charge in [0.2, 0.25) is 0 Å². The molecule has 1 N–H and O–H groups in total. The molecule has 0 saturated heterocycles. The normalized spacial score (nSPS) is 15.4. The molecular formula is C23H24FN3O. The second-order valence-electron chi connectivity index (χ2n) is 8.42. The van der Waals surface area contributed by atoms with Gasteiger partial charge in [-0.05, 0) is 73.2 Å². The Morgan fingerprint density at radius 1 is 1.04 bits per heavy atom. The molecule has 144 valence electrons. The van der Waals surface area contributed by atoms with E-state index in [1.165, 1.54) is 23.3 Å². The van der Waals surface area contributed by atoms with E-state index < -0.39 is 0 Å². The van der Waals surface area contributed by atoms with Gasteiger partial charge in [-0.25, -0.2) is 9.07 Å². The van der Waals surface area contributed by atoms with Gasteiger partial charge < -0.3 is 5.32 Å². The molecule has 0 atom stereocenters. The minimum atomic E-state index is -0.297. The number of aryl methyl sites for hydroxylation is 2. The van der Waals surface area contributed by atoms with Crippen LogP contribution >= 0.6 is 0 Å². The highest BCUT2D eigenvalue weighted by Gasteiger charge is 2.36. The van der Waals surface area contributed by atoms with Crippen molar-refractivity contribution in [3.05, 3.63) is 70.7 Å². The van der Waals surface area contributed by atoms with Gasteiger partial charge in [-0.3, -0.25) is 4.79 Å². The number of benzene rings is 2. The van der Waals surface area contributed by atoms with Crippen LogP contribution in [0.25, 0.3) is 5.69 Å². The smallest absolute Gasteiger partial charge is 0.169 e. The van der Waals surface area contributed by atoms with Gasteiger partial charge in [0.1, 0.15) is 5.82 Å². The lowest BCUT2D eigenvalue weighted by atomic mass is 9.76. The van der Waals surface area contributed by atoms with Crippen molar-refractivity contribution in [3.63, 3.8) is 0 Å². The summed E-state index contributed by atoms with van der Waals surface area (Å²) in [7, 11) is 0. The maximum absolute atomic E-state index is 13.4. The van der Waals surface area contributed by atoms with Crippen molar-refractivity contribution in [3.8, 4) is 5.69 Å². The second-order valence-corrected chi connectivity index (χ2v) is 8.42. The fraction of sp³-hybridized carbons (Fsp3) is 0.304. The molecule has 0 radical (unpaired) electrons. The van der Waals surface area contributed by atoms with E-state index >= 15 is 0 Å². The van der Waals surface area contributed by atoms with Gasteiger partial charge in [-0.15, -0.1) is 5.10 Å². The van der Waals surface area contributed by atoms with Crippen molar-refractivity contribution in [2.24, 2.45) is 5.41 Å². The van der Waals surface area contributed by atoms with Crippen LogP contribution in [0.1, 0.15) is 47.4 Å². The molecule has 0 spiro atoms. The fourth-order valence-corrected chi connectivity index (χ4v) is 3.79. The summed E-state index contributed by atoms with van der Waals surface area (Å²) in [5, 5.41) is 8.05. The maximum Gasteiger partial charge on any atom is 0.169 e. The Hall–Kier alpha value is -2.95.